The summed E-state index contributed by atoms with van der Waals surface area (Å²) in [5, 5.41) is 5.45. The van der Waals surface area contributed by atoms with E-state index >= 15 is 0 Å². The molecule has 0 aliphatic heterocycles. The summed E-state index contributed by atoms with van der Waals surface area (Å²) in [6, 6.07) is 15.6. The molecule has 2 aromatic carbocycles. The second kappa shape index (κ2) is 7.97. The average Bonchev–Trinajstić information content (AvgIpc) is 2.60. The molecule has 0 saturated carbocycles. The second-order valence-electron chi connectivity index (χ2n) is 6.85. The molecule has 0 saturated heterocycles. The van der Waals surface area contributed by atoms with Crippen LogP contribution < -0.4 is 10.6 Å². The Kier molecular flexibility index (Phi) is 5.97. The van der Waals surface area contributed by atoms with Crippen LogP contribution in [0, 0.1) is 6.92 Å². The van der Waals surface area contributed by atoms with E-state index in [9.17, 15) is 9.59 Å². The van der Waals surface area contributed by atoms with E-state index < -0.39 is 11.8 Å². The Labute approximate surface area is 149 Å². The zero-order chi connectivity index (χ0) is 18.4. The van der Waals surface area contributed by atoms with E-state index in [4.69, 9.17) is 0 Å². The lowest BCUT2D eigenvalue weighted by Gasteiger charge is -2.27. The number of amides is 2. The smallest absolute Gasteiger partial charge is 0.313 e. The number of aryl methyl sites for hydroxylation is 2. The number of hydrogen-bond acceptors (Lipinski definition) is 2. The van der Waals surface area contributed by atoms with Crippen LogP contribution in [-0.4, -0.2) is 18.4 Å². The molecule has 0 bridgehead atoms. The van der Waals surface area contributed by atoms with E-state index in [2.05, 4.69) is 30.5 Å². The lowest BCUT2D eigenvalue weighted by Crippen LogP contribution is -2.42. The van der Waals surface area contributed by atoms with Crippen molar-refractivity contribution in [2.45, 2.75) is 39.5 Å². The Bertz CT molecular complexity index is 766. The Hall–Kier alpha value is -2.62. The van der Waals surface area contributed by atoms with Crippen molar-refractivity contribution >= 4 is 17.5 Å². The lowest BCUT2D eigenvalue weighted by molar-refractivity contribution is -0.136. The summed E-state index contributed by atoms with van der Waals surface area (Å²) in [5.74, 6) is -1.26. The topological polar surface area (TPSA) is 58.2 Å². The quantitative estimate of drug-likeness (QED) is 0.819. The van der Waals surface area contributed by atoms with Gasteiger partial charge in [0, 0.05) is 17.6 Å². The van der Waals surface area contributed by atoms with Crippen molar-refractivity contribution in [1.82, 2.24) is 5.32 Å². The summed E-state index contributed by atoms with van der Waals surface area (Å²) in [4.78, 5) is 24.4. The van der Waals surface area contributed by atoms with Crippen molar-refractivity contribution in [2.24, 2.45) is 0 Å². The molecule has 2 aromatic rings. The van der Waals surface area contributed by atoms with E-state index in [1.165, 1.54) is 5.56 Å². The number of hydrogen-bond donors (Lipinski definition) is 2. The monoisotopic (exact) mass is 338 g/mol. The van der Waals surface area contributed by atoms with Gasteiger partial charge in [0.1, 0.15) is 0 Å². The fourth-order valence-electron chi connectivity index (χ4n) is 2.94. The first-order chi connectivity index (χ1) is 11.8. The van der Waals surface area contributed by atoms with Crippen molar-refractivity contribution in [3.05, 3.63) is 65.2 Å². The van der Waals surface area contributed by atoms with Gasteiger partial charge in [-0.05, 0) is 36.1 Å². The lowest BCUT2D eigenvalue weighted by atomic mass is 9.82. The molecule has 0 atom stereocenters. The summed E-state index contributed by atoms with van der Waals surface area (Å²) < 4.78 is 0. The maximum Gasteiger partial charge on any atom is 0.313 e. The van der Waals surface area contributed by atoms with Crippen LogP contribution in [0.2, 0.25) is 0 Å². The van der Waals surface area contributed by atoms with Crippen molar-refractivity contribution in [3.63, 3.8) is 0 Å². The molecule has 0 unspecified atom stereocenters. The van der Waals surface area contributed by atoms with E-state index in [0.29, 0.717) is 12.2 Å². The highest BCUT2D eigenvalue weighted by molar-refractivity contribution is 6.39. The maximum atomic E-state index is 12.2. The molecule has 2 rings (SSSR count). The SMILES string of the molecule is CCc1ccccc1NC(=O)C(=O)NCC(C)(C)c1ccccc1C. The summed E-state index contributed by atoms with van der Waals surface area (Å²) in [7, 11) is 0. The van der Waals surface area contributed by atoms with Gasteiger partial charge in [-0.3, -0.25) is 9.59 Å². The molecule has 4 nitrogen and oxygen atoms in total. The predicted molar refractivity (Wildman–Crippen MR) is 102 cm³/mol. The van der Waals surface area contributed by atoms with Crippen molar-refractivity contribution < 1.29 is 9.59 Å². The molecule has 0 radical (unpaired) electrons. The summed E-state index contributed by atoms with van der Waals surface area (Å²) in [6.45, 7) is 8.56. The minimum absolute atomic E-state index is 0.261. The molecule has 0 heterocycles. The number of carbonyl (C=O) groups excluding carboxylic acids is 2. The van der Waals surface area contributed by atoms with E-state index in [0.717, 1.165) is 17.5 Å². The molecular weight excluding hydrogens is 312 g/mol. The second-order valence-corrected chi connectivity index (χ2v) is 6.85. The molecular formula is C21H26N2O2. The number of benzene rings is 2. The highest BCUT2D eigenvalue weighted by atomic mass is 16.2. The number of nitrogens with one attached hydrogen (secondary N) is 2. The van der Waals surface area contributed by atoms with Crippen LogP contribution in [0.25, 0.3) is 0 Å². The van der Waals surface area contributed by atoms with Gasteiger partial charge in [-0.2, -0.15) is 0 Å². The van der Waals surface area contributed by atoms with Crippen molar-refractivity contribution in [2.75, 3.05) is 11.9 Å². The van der Waals surface area contributed by atoms with Gasteiger partial charge < -0.3 is 10.6 Å². The normalized spacial score (nSPS) is 11.0. The number of para-hydroxylation sites is 1. The Morgan fingerprint density at radius 1 is 0.960 bits per heavy atom. The molecule has 0 aliphatic carbocycles. The van der Waals surface area contributed by atoms with Crippen molar-refractivity contribution in [3.8, 4) is 0 Å². The van der Waals surface area contributed by atoms with Gasteiger partial charge in [0.05, 0.1) is 0 Å². The molecule has 132 valence electrons. The molecule has 0 aromatic heterocycles. The first-order valence-electron chi connectivity index (χ1n) is 8.58. The van der Waals surface area contributed by atoms with Crippen LogP contribution in [0.1, 0.15) is 37.5 Å². The van der Waals surface area contributed by atoms with Gasteiger partial charge >= 0.3 is 11.8 Å². The zero-order valence-electron chi connectivity index (χ0n) is 15.3. The first kappa shape index (κ1) is 18.7. The third kappa shape index (κ3) is 4.69. The first-order valence-corrected chi connectivity index (χ1v) is 8.58. The van der Waals surface area contributed by atoms with Crippen LogP contribution in [0.3, 0.4) is 0 Å². The van der Waals surface area contributed by atoms with Crippen molar-refractivity contribution in [1.29, 1.82) is 0 Å². The molecule has 0 spiro atoms. The maximum absolute atomic E-state index is 12.2. The van der Waals surface area contributed by atoms with Gasteiger partial charge in [-0.25, -0.2) is 0 Å². The average molecular weight is 338 g/mol. The summed E-state index contributed by atoms with van der Waals surface area (Å²) >= 11 is 0. The number of anilines is 1. The van der Waals surface area contributed by atoms with Crippen LogP contribution in [-0.2, 0) is 21.4 Å². The Morgan fingerprint density at radius 2 is 1.60 bits per heavy atom. The van der Waals surface area contributed by atoms with Gasteiger partial charge in [0.25, 0.3) is 0 Å². The van der Waals surface area contributed by atoms with Crippen LogP contribution in [0.5, 0.6) is 0 Å². The van der Waals surface area contributed by atoms with E-state index in [1.807, 2.05) is 50.2 Å². The van der Waals surface area contributed by atoms with Gasteiger partial charge in [0.2, 0.25) is 0 Å². The van der Waals surface area contributed by atoms with E-state index in [1.54, 1.807) is 6.07 Å². The van der Waals surface area contributed by atoms with Crippen LogP contribution in [0.4, 0.5) is 5.69 Å². The molecule has 25 heavy (non-hydrogen) atoms. The van der Waals surface area contributed by atoms with Gasteiger partial charge in [0.15, 0.2) is 0 Å². The fourth-order valence-corrected chi connectivity index (χ4v) is 2.94. The Morgan fingerprint density at radius 3 is 2.28 bits per heavy atom. The molecule has 0 fully saturated rings. The fraction of sp³-hybridized carbons (Fsp3) is 0.333. The van der Waals surface area contributed by atoms with Gasteiger partial charge in [-0.15, -0.1) is 0 Å². The van der Waals surface area contributed by atoms with Crippen LogP contribution in [0.15, 0.2) is 48.5 Å². The number of carbonyl (C=O) groups is 2. The van der Waals surface area contributed by atoms with Gasteiger partial charge in [-0.1, -0.05) is 63.2 Å². The summed E-state index contributed by atoms with van der Waals surface area (Å²) in [6.07, 6.45) is 0.790. The summed E-state index contributed by atoms with van der Waals surface area (Å²) in [5.41, 5.74) is 3.75. The molecule has 2 N–H and O–H groups in total. The third-order valence-electron chi connectivity index (χ3n) is 4.42. The third-order valence-corrected chi connectivity index (χ3v) is 4.42. The largest absolute Gasteiger partial charge is 0.347 e. The molecule has 2 amide bonds. The highest BCUT2D eigenvalue weighted by Crippen LogP contribution is 2.25. The molecule has 4 heteroatoms. The minimum atomic E-state index is -0.638. The standard InChI is InChI=1S/C21H26N2O2/c1-5-16-11-7-9-13-18(16)23-20(25)19(24)22-14-21(3,4)17-12-8-6-10-15(17)2/h6-13H,5,14H2,1-4H3,(H,22,24)(H,23,25). The molecule has 0 aliphatic rings. The van der Waals surface area contributed by atoms with Crippen LogP contribution >= 0.6 is 0 Å². The highest BCUT2D eigenvalue weighted by Gasteiger charge is 2.24. The predicted octanol–water partition coefficient (Wildman–Crippen LogP) is 3.59. The number of rotatable bonds is 5. The van der Waals surface area contributed by atoms with E-state index in [-0.39, 0.29) is 5.41 Å². The minimum Gasteiger partial charge on any atom is -0.347 e. The Balaban J connectivity index is 2.00. The zero-order valence-corrected chi connectivity index (χ0v) is 15.3.